The fourth-order valence-electron chi connectivity index (χ4n) is 2.11. The number of rotatable bonds is 2. The van der Waals surface area contributed by atoms with Gasteiger partial charge in [0.15, 0.2) is 0 Å². The van der Waals surface area contributed by atoms with Crippen LogP contribution < -0.4 is 0 Å². The summed E-state index contributed by atoms with van der Waals surface area (Å²) in [6.45, 7) is 1.97. The van der Waals surface area contributed by atoms with Gasteiger partial charge in [-0.1, -0.05) is 15.9 Å². The van der Waals surface area contributed by atoms with Gasteiger partial charge in [0.05, 0.1) is 4.83 Å². The van der Waals surface area contributed by atoms with Crippen molar-refractivity contribution in [3.8, 4) is 0 Å². The summed E-state index contributed by atoms with van der Waals surface area (Å²) in [4.78, 5) is 13.9. The molecule has 2 atom stereocenters. The third-order valence-corrected chi connectivity index (χ3v) is 5.05. The molecule has 0 aromatic carbocycles. The molecule has 0 bridgehead atoms. The molecule has 2 unspecified atom stereocenters. The number of piperidine rings is 1. The van der Waals surface area contributed by atoms with Crippen molar-refractivity contribution < 1.29 is 4.79 Å². The highest BCUT2D eigenvalue weighted by atomic mass is 79.9. The summed E-state index contributed by atoms with van der Waals surface area (Å²) in [5.41, 5.74) is 0. The van der Waals surface area contributed by atoms with Gasteiger partial charge in [-0.25, -0.2) is 0 Å². The first-order chi connectivity index (χ1) is 6.77. The van der Waals surface area contributed by atoms with E-state index in [1.54, 1.807) is 0 Å². The molecule has 0 aromatic heterocycles. The van der Waals surface area contributed by atoms with Crippen LogP contribution in [0, 0.1) is 5.92 Å². The van der Waals surface area contributed by atoms with Crippen LogP contribution in [0.4, 0.5) is 0 Å². The molecule has 0 spiro atoms. The van der Waals surface area contributed by atoms with E-state index >= 15 is 0 Å². The lowest BCUT2D eigenvalue weighted by Crippen LogP contribution is -2.44. The maximum atomic E-state index is 11.8. The Hall–Kier alpha value is 0.300. The molecule has 1 amide bonds. The molecule has 4 heteroatoms. The van der Waals surface area contributed by atoms with Crippen molar-refractivity contribution in [2.45, 2.75) is 24.1 Å². The number of carbonyl (C=O) groups is 1. The van der Waals surface area contributed by atoms with Gasteiger partial charge in [0.2, 0.25) is 5.91 Å². The zero-order valence-corrected chi connectivity index (χ0v) is 10.6. The largest absolute Gasteiger partial charge is 0.341 e. The summed E-state index contributed by atoms with van der Waals surface area (Å²) in [6.07, 6.45) is 3.46. The Bertz CT molecular complexity index is 218. The molecule has 2 saturated heterocycles. The Kier molecular flexibility index (Phi) is 3.77. The molecule has 2 aliphatic heterocycles. The maximum absolute atomic E-state index is 11.8. The predicted octanol–water partition coefficient (Wildman–Crippen LogP) is 2.13. The van der Waals surface area contributed by atoms with Gasteiger partial charge in [0, 0.05) is 13.1 Å². The Morgan fingerprint density at radius 1 is 1.50 bits per heavy atom. The number of amides is 1. The van der Waals surface area contributed by atoms with E-state index in [1.807, 2.05) is 11.8 Å². The molecule has 14 heavy (non-hydrogen) atoms. The van der Waals surface area contributed by atoms with Gasteiger partial charge in [-0.15, -0.1) is 0 Å². The average Bonchev–Trinajstić information content (AvgIpc) is 2.66. The van der Waals surface area contributed by atoms with Crippen LogP contribution in [0.25, 0.3) is 0 Å². The molecule has 2 nitrogen and oxygen atoms in total. The second-order valence-electron chi connectivity index (χ2n) is 4.12. The van der Waals surface area contributed by atoms with Crippen molar-refractivity contribution >= 4 is 33.6 Å². The van der Waals surface area contributed by atoms with E-state index in [9.17, 15) is 4.79 Å². The fourth-order valence-corrected chi connectivity index (χ4v) is 4.00. The lowest BCUT2D eigenvalue weighted by Gasteiger charge is -2.31. The van der Waals surface area contributed by atoms with Gasteiger partial charge in [-0.2, -0.15) is 11.8 Å². The first-order valence-corrected chi connectivity index (χ1v) is 7.35. The van der Waals surface area contributed by atoms with E-state index in [1.165, 1.54) is 17.9 Å². The van der Waals surface area contributed by atoms with Crippen LogP contribution in [-0.2, 0) is 4.79 Å². The highest BCUT2D eigenvalue weighted by Gasteiger charge is 2.29. The number of thioether (sulfide) groups is 1. The zero-order valence-electron chi connectivity index (χ0n) is 8.25. The first-order valence-electron chi connectivity index (χ1n) is 5.28. The standard InChI is InChI=1S/C10H16BrNOS/c11-9-2-1-4-12(10(9)13)6-8-3-5-14-7-8/h8-9H,1-7H2. The Morgan fingerprint density at radius 2 is 2.36 bits per heavy atom. The zero-order chi connectivity index (χ0) is 9.97. The van der Waals surface area contributed by atoms with Gasteiger partial charge < -0.3 is 4.90 Å². The average molecular weight is 278 g/mol. The summed E-state index contributed by atoms with van der Waals surface area (Å²) < 4.78 is 0. The molecule has 80 valence electrons. The number of alkyl halides is 1. The molecule has 0 saturated carbocycles. The lowest BCUT2D eigenvalue weighted by atomic mass is 10.1. The van der Waals surface area contributed by atoms with Gasteiger partial charge in [-0.3, -0.25) is 4.79 Å². The summed E-state index contributed by atoms with van der Waals surface area (Å²) >= 11 is 5.47. The second-order valence-corrected chi connectivity index (χ2v) is 6.38. The topological polar surface area (TPSA) is 20.3 Å². The van der Waals surface area contributed by atoms with Crippen LogP contribution in [0.15, 0.2) is 0 Å². The van der Waals surface area contributed by atoms with Gasteiger partial charge in [-0.05, 0) is 36.7 Å². The molecule has 2 heterocycles. The van der Waals surface area contributed by atoms with Crippen LogP contribution >= 0.6 is 27.7 Å². The van der Waals surface area contributed by atoms with E-state index in [-0.39, 0.29) is 4.83 Å². The molecule has 2 fully saturated rings. The fraction of sp³-hybridized carbons (Fsp3) is 0.900. The quantitative estimate of drug-likeness (QED) is 0.721. The minimum atomic E-state index is 0.0882. The molecule has 0 aromatic rings. The van der Waals surface area contributed by atoms with Gasteiger partial charge in [0.25, 0.3) is 0 Å². The van der Waals surface area contributed by atoms with Crippen LogP contribution in [0.5, 0.6) is 0 Å². The first kappa shape index (κ1) is 10.8. The molecule has 2 aliphatic rings. The third-order valence-electron chi connectivity index (χ3n) is 2.97. The van der Waals surface area contributed by atoms with Gasteiger partial charge in [0.1, 0.15) is 0 Å². The number of carbonyl (C=O) groups excluding carboxylic acids is 1. The van der Waals surface area contributed by atoms with Crippen LogP contribution in [-0.4, -0.2) is 40.2 Å². The van der Waals surface area contributed by atoms with Crippen molar-refractivity contribution in [1.29, 1.82) is 0 Å². The van der Waals surface area contributed by atoms with Crippen molar-refractivity contribution in [3.05, 3.63) is 0 Å². The van der Waals surface area contributed by atoms with E-state index in [4.69, 9.17) is 0 Å². The highest BCUT2D eigenvalue weighted by Crippen LogP contribution is 2.26. The Morgan fingerprint density at radius 3 is 3.07 bits per heavy atom. The van der Waals surface area contributed by atoms with Crippen molar-refractivity contribution in [1.82, 2.24) is 4.90 Å². The maximum Gasteiger partial charge on any atom is 0.236 e. The lowest BCUT2D eigenvalue weighted by molar-refractivity contribution is -0.132. The normalized spacial score (nSPS) is 33.8. The van der Waals surface area contributed by atoms with Crippen LogP contribution in [0.3, 0.4) is 0 Å². The molecule has 0 aliphatic carbocycles. The molecule has 2 rings (SSSR count). The van der Waals surface area contributed by atoms with Crippen molar-refractivity contribution in [2.24, 2.45) is 5.92 Å². The number of nitrogens with zero attached hydrogens (tertiary/aromatic N) is 1. The van der Waals surface area contributed by atoms with E-state index < -0.39 is 0 Å². The third kappa shape index (κ3) is 2.45. The second kappa shape index (κ2) is 4.88. The van der Waals surface area contributed by atoms with Crippen LogP contribution in [0.1, 0.15) is 19.3 Å². The minimum Gasteiger partial charge on any atom is -0.341 e. The summed E-state index contributed by atoms with van der Waals surface area (Å²) in [6, 6.07) is 0. The molecular formula is C10H16BrNOS. The summed E-state index contributed by atoms with van der Waals surface area (Å²) in [5.74, 6) is 3.59. The Labute approximate surface area is 97.9 Å². The van der Waals surface area contributed by atoms with Crippen molar-refractivity contribution in [3.63, 3.8) is 0 Å². The van der Waals surface area contributed by atoms with E-state index in [2.05, 4.69) is 20.8 Å². The highest BCUT2D eigenvalue weighted by molar-refractivity contribution is 9.10. The SMILES string of the molecule is O=C1C(Br)CCCN1CC1CCSC1. The predicted molar refractivity (Wildman–Crippen MR) is 64.0 cm³/mol. The molecule has 0 radical (unpaired) electrons. The molecular weight excluding hydrogens is 262 g/mol. The number of likely N-dealkylation sites (tertiary alicyclic amines) is 1. The van der Waals surface area contributed by atoms with Gasteiger partial charge >= 0.3 is 0 Å². The Balaban J connectivity index is 1.86. The number of hydrogen-bond acceptors (Lipinski definition) is 2. The summed E-state index contributed by atoms with van der Waals surface area (Å²) in [5, 5.41) is 0. The number of halogens is 1. The van der Waals surface area contributed by atoms with Crippen molar-refractivity contribution in [2.75, 3.05) is 24.6 Å². The summed E-state index contributed by atoms with van der Waals surface area (Å²) in [7, 11) is 0. The van der Waals surface area contributed by atoms with E-state index in [0.29, 0.717) is 5.91 Å². The minimum absolute atomic E-state index is 0.0882. The number of hydrogen-bond donors (Lipinski definition) is 0. The monoisotopic (exact) mass is 277 g/mol. The van der Waals surface area contributed by atoms with E-state index in [0.717, 1.165) is 31.8 Å². The van der Waals surface area contributed by atoms with Crippen LogP contribution in [0.2, 0.25) is 0 Å². The molecule has 0 N–H and O–H groups in total. The smallest absolute Gasteiger partial charge is 0.236 e.